The maximum absolute atomic E-state index is 13.0. The SMILES string of the molecule is CS(=O)(=O)NCc1ccc(CC(=O)N2CCCC[C@H]2CN2CC[C@H](OC(=O)C(F)(F)F)C2)cc1. The van der Waals surface area contributed by atoms with Crippen molar-refractivity contribution in [2.24, 2.45) is 0 Å². The van der Waals surface area contributed by atoms with Crippen molar-refractivity contribution >= 4 is 21.9 Å². The average molecular weight is 506 g/mol. The molecular weight excluding hydrogens is 475 g/mol. The van der Waals surface area contributed by atoms with Crippen LogP contribution in [-0.2, 0) is 37.3 Å². The fraction of sp³-hybridized carbons (Fsp3) is 0.636. The molecule has 0 radical (unpaired) electrons. The molecule has 0 saturated carbocycles. The molecule has 0 spiro atoms. The molecule has 2 heterocycles. The first-order valence-corrected chi connectivity index (χ1v) is 13.1. The van der Waals surface area contributed by atoms with Crippen molar-refractivity contribution < 1.29 is 35.9 Å². The van der Waals surface area contributed by atoms with E-state index in [0.29, 0.717) is 26.1 Å². The molecule has 0 bridgehead atoms. The van der Waals surface area contributed by atoms with Gasteiger partial charge in [0, 0.05) is 38.8 Å². The van der Waals surface area contributed by atoms with E-state index in [1.54, 1.807) is 24.3 Å². The lowest BCUT2D eigenvalue weighted by molar-refractivity contribution is -0.204. The summed E-state index contributed by atoms with van der Waals surface area (Å²) in [7, 11) is -3.29. The number of esters is 1. The van der Waals surface area contributed by atoms with E-state index in [0.717, 1.165) is 36.6 Å². The summed E-state index contributed by atoms with van der Waals surface area (Å²) < 4.78 is 66.7. The van der Waals surface area contributed by atoms with Crippen molar-refractivity contribution in [2.45, 2.75) is 57.0 Å². The van der Waals surface area contributed by atoms with Gasteiger partial charge in [-0.15, -0.1) is 0 Å². The van der Waals surface area contributed by atoms with Gasteiger partial charge in [0.15, 0.2) is 0 Å². The van der Waals surface area contributed by atoms with Gasteiger partial charge >= 0.3 is 12.1 Å². The highest BCUT2D eigenvalue weighted by molar-refractivity contribution is 7.88. The normalized spacial score (nSPS) is 22.1. The zero-order valence-corrected chi connectivity index (χ0v) is 19.8. The number of halogens is 3. The minimum Gasteiger partial charge on any atom is -0.454 e. The number of sulfonamides is 1. The van der Waals surface area contributed by atoms with E-state index in [1.165, 1.54) is 0 Å². The molecule has 0 unspecified atom stereocenters. The highest BCUT2D eigenvalue weighted by atomic mass is 32.2. The largest absolute Gasteiger partial charge is 0.490 e. The van der Waals surface area contributed by atoms with Crippen molar-refractivity contribution in [2.75, 3.05) is 32.4 Å². The van der Waals surface area contributed by atoms with Crippen LogP contribution < -0.4 is 4.72 Å². The van der Waals surface area contributed by atoms with Crippen LogP contribution in [0, 0.1) is 0 Å². The van der Waals surface area contributed by atoms with Gasteiger partial charge < -0.3 is 9.64 Å². The highest BCUT2D eigenvalue weighted by Gasteiger charge is 2.43. The molecule has 1 aromatic rings. The van der Waals surface area contributed by atoms with Gasteiger partial charge in [0.25, 0.3) is 0 Å². The Hall–Kier alpha value is -2.18. The number of piperidine rings is 1. The number of amides is 1. The number of nitrogens with zero attached hydrogens (tertiary/aromatic N) is 2. The second-order valence-corrected chi connectivity index (χ2v) is 10.7. The van der Waals surface area contributed by atoms with Gasteiger partial charge in [-0.2, -0.15) is 13.2 Å². The molecule has 0 aliphatic carbocycles. The van der Waals surface area contributed by atoms with Gasteiger partial charge in [-0.3, -0.25) is 9.69 Å². The van der Waals surface area contributed by atoms with Gasteiger partial charge in [0.2, 0.25) is 15.9 Å². The van der Waals surface area contributed by atoms with Crippen LogP contribution in [0.2, 0.25) is 0 Å². The van der Waals surface area contributed by atoms with E-state index in [2.05, 4.69) is 9.46 Å². The first kappa shape index (κ1) is 26.4. The molecule has 2 saturated heterocycles. The highest BCUT2D eigenvalue weighted by Crippen LogP contribution is 2.24. The number of nitrogens with one attached hydrogen (secondary N) is 1. The number of hydrogen-bond donors (Lipinski definition) is 1. The molecule has 1 aromatic carbocycles. The van der Waals surface area contributed by atoms with Crippen LogP contribution in [0.25, 0.3) is 0 Å². The first-order valence-electron chi connectivity index (χ1n) is 11.2. The molecule has 2 fully saturated rings. The van der Waals surface area contributed by atoms with Crippen LogP contribution in [0.4, 0.5) is 13.2 Å². The number of likely N-dealkylation sites (tertiary alicyclic amines) is 2. The molecule has 2 atom stereocenters. The lowest BCUT2D eigenvalue weighted by Crippen LogP contribution is -2.49. The van der Waals surface area contributed by atoms with E-state index in [1.807, 2.05) is 9.80 Å². The van der Waals surface area contributed by atoms with Crippen molar-refractivity contribution in [3.8, 4) is 0 Å². The Morgan fingerprint density at radius 2 is 1.76 bits per heavy atom. The quantitative estimate of drug-likeness (QED) is 0.542. The van der Waals surface area contributed by atoms with Gasteiger partial charge in [-0.1, -0.05) is 24.3 Å². The lowest BCUT2D eigenvalue weighted by atomic mass is 10.00. The minimum absolute atomic E-state index is 0.0223. The summed E-state index contributed by atoms with van der Waals surface area (Å²) in [6.45, 7) is 2.07. The number of hydrogen-bond acceptors (Lipinski definition) is 6. The van der Waals surface area contributed by atoms with Crippen LogP contribution in [0.15, 0.2) is 24.3 Å². The summed E-state index contributed by atoms with van der Waals surface area (Å²) in [4.78, 5) is 27.9. The molecule has 12 heteroatoms. The predicted molar refractivity (Wildman–Crippen MR) is 118 cm³/mol. The second-order valence-electron chi connectivity index (χ2n) is 8.90. The molecule has 2 aliphatic rings. The zero-order valence-electron chi connectivity index (χ0n) is 19.0. The molecule has 1 amide bonds. The average Bonchev–Trinajstić information content (AvgIpc) is 3.19. The molecule has 0 aromatic heterocycles. The van der Waals surface area contributed by atoms with E-state index in [4.69, 9.17) is 0 Å². The Bertz CT molecular complexity index is 969. The number of benzene rings is 1. The zero-order chi connectivity index (χ0) is 24.9. The van der Waals surface area contributed by atoms with Gasteiger partial charge in [0.1, 0.15) is 6.10 Å². The third kappa shape index (κ3) is 7.95. The maximum atomic E-state index is 13.0. The van der Waals surface area contributed by atoms with E-state index >= 15 is 0 Å². The summed E-state index contributed by atoms with van der Waals surface area (Å²) in [6, 6.07) is 7.12. The Morgan fingerprint density at radius 3 is 2.41 bits per heavy atom. The maximum Gasteiger partial charge on any atom is 0.490 e. The van der Waals surface area contributed by atoms with Crippen molar-refractivity contribution in [3.05, 3.63) is 35.4 Å². The molecule has 34 heavy (non-hydrogen) atoms. The van der Waals surface area contributed by atoms with Crippen LogP contribution in [0.5, 0.6) is 0 Å². The van der Waals surface area contributed by atoms with Crippen molar-refractivity contribution in [1.82, 2.24) is 14.5 Å². The molecule has 190 valence electrons. The summed E-state index contributed by atoms with van der Waals surface area (Å²) in [5, 5.41) is 0. The van der Waals surface area contributed by atoms with Gasteiger partial charge in [-0.05, 0) is 36.8 Å². The Kier molecular flexibility index (Phi) is 8.58. The lowest BCUT2D eigenvalue weighted by Gasteiger charge is -2.38. The first-order chi connectivity index (χ1) is 15.9. The minimum atomic E-state index is -5.00. The fourth-order valence-electron chi connectivity index (χ4n) is 4.36. The molecule has 8 nitrogen and oxygen atoms in total. The summed E-state index contributed by atoms with van der Waals surface area (Å²) >= 11 is 0. The second kappa shape index (κ2) is 11.0. The number of ether oxygens (including phenoxy) is 1. The topological polar surface area (TPSA) is 96.0 Å². The molecule has 3 rings (SSSR count). The van der Waals surface area contributed by atoms with Crippen LogP contribution in [0.1, 0.15) is 36.8 Å². The van der Waals surface area contributed by atoms with Crippen molar-refractivity contribution in [1.29, 1.82) is 0 Å². The molecule has 1 N–H and O–H groups in total. The van der Waals surface area contributed by atoms with Gasteiger partial charge in [-0.25, -0.2) is 17.9 Å². The van der Waals surface area contributed by atoms with E-state index in [9.17, 15) is 31.2 Å². The molecular formula is C22H30F3N3O5S. The van der Waals surface area contributed by atoms with Crippen LogP contribution in [0.3, 0.4) is 0 Å². The Morgan fingerprint density at radius 1 is 1.09 bits per heavy atom. The Balaban J connectivity index is 1.52. The van der Waals surface area contributed by atoms with Gasteiger partial charge in [0.05, 0.1) is 12.7 Å². The smallest absolute Gasteiger partial charge is 0.454 e. The monoisotopic (exact) mass is 505 g/mol. The summed E-state index contributed by atoms with van der Waals surface area (Å²) in [5.74, 6) is -2.18. The van der Waals surface area contributed by atoms with E-state index in [-0.39, 0.29) is 31.5 Å². The number of carbonyl (C=O) groups excluding carboxylic acids is 2. The number of alkyl halides is 3. The predicted octanol–water partition coefficient (Wildman–Crippen LogP) is 1.84. The van der Waals surface area contributed by atoms with E-state index < -0.39 is 28.3 Å². The summed E-state index contributed by atoms with van der Waals surface area (Å²) in [6.07, 6.45) is -1.48. The summed E-state index contributed by atoms with van der Waals surface area (Å²) in [5.41, 5.74) is 1.60. The third-order valence-electron chi connectivity index (χ3n) is 6.07. The molecule has 2 aliphatic heterocycles. The standard InChI is InChI=1S/C22H30F3N3O5S/c1-34(31,32)26-13-17-7-5-16(6-8-17)12-20(29)28-10-3-2-4-18(28)14-27-11-9-19(15-27)33-21(30)22(23,24)25/h5-8,18-19,26H,2-4,9-15H2,1H3/t18-,19-/m0/s1. The number of rotatable bonds is 8. The Labute approximate surface area is 197 Å². The van der Waals surface area contributed by atoms with Crippen LogP contribution >= 0.6 is 0 Å². The van der Waals surface area contributed by atoms with Crippen LogP contribution in [-0.4, -0.2) is 80.9 Å². The van der Waals surface area contributed by atoms with Crippen molar-refractivity contribution in [3.63, 3.8) is 0 Å². The number of carbonyl (C=O) groups is 2. The third-order valence-corrected chi connectivity index (χ3v) is 6.74. The fourth-order valence-corrected chi connectivity index (χ4v) is 4.79.